The van der Waals surface area contributed by atoms with Crippen molar-refractivity contribution in [1.29, 1.82) is 0 Å². The molecule has 1 aliphatic heterocycles. The molecule has 0 bridgehead atoms. The first-order valence-corrected chi connectivity index (χ1v) is 13.5. The number of ketones is 1. The van der Waals surface area contributed by atoms with E-state index in [0.29, 0.717) is 31.9 Å². The maximum Gasteiger partial charge on any atom is 0.415 e. The number of benzene rings is 2. The van der Waals surface area contributed by atoms with Crippen LogP contribution in [0.5, 0.6) is 11.5 Å². The molecule has 9 nitrogen and oxygen atoms in total. The normalized spacial score (nSPS) is 15.6. The zero-order valence-electron chi connectivity index (χ0n) is 22.8. The Kier molecular flexibility index (Phi) is 11.8. The van der Waals surface area contributed by atoms with E-state index < -0.39 is 71.9 Å². The number of nitrogens with zero attached hydrogens (tertiary/aromatic N) is 1. The van der Waals surface area contributed by atoms with Crippen molar-refractivity contribution in [2.45, 2.75) is 38.6 Å². The van der Waals surface area contributed by atoms with E-state index in [1.54, 1.807) is 18.2 Å². The quantitative estimate of drug-likeness (QED) is 0.218. The van der Waals surface area contributed by atoms with Crippen molar-refractivity contribution in [3.8, 4) is 11.5 Å². The minimum Gasteiger partial charge on any atom is -0.482 e. The standard InChI is InChI=1S/C29H30ClF3N2O7/c1-3-12-40-25(37)14-22(23(36)16-41-27-17(2)20(31)13-21(32)26(27)33)34-28(38)18-8-6-7-11-35(15-18)29(39)42-24-10-5-4-9-19(24)30/h3-5,9-10,13,18,22H,1,6-8,11-12,14-16H2,2H3,(H,34,38)/t18-,22-/m0/s1. The van der Waals surface area contributed by atoms with Gasteiger partial charge < -0.3 is 24.4 Å². The molecule has 2 aromatic rings. The molecule has 1 saturated heterocycles. The lowest BCUT2D eigenvalue weighted by atomic mass is 10.0. The summed E-state index contributed by atoms with van der Waals surface area (Å²) in [4.78, 5) is 52.8. The Labute approximate surface area is 245 Å². The third kappa shape index (κ3) is 8.72. The Balaban J connectivity index is 1.72. The van der Waals surface area contributed by atoms with Gasteiger partial charge in [-0.15, -0.1) is 0 Å². The number of hydrogen-bond acceptors (Lipinski definition) is 7. The molecule has 0 aliphatic carbocycles. The second kappa shape index (κ2) is 15.2. The van der Waals surface area contributed by atoms with Gasteiger partial charge in [-0.2, -0.15) is 4.39 Å². The van der Waals surface area contributed by atoms with Gasteiger partial charge in [0.05, 0.1) is 17.4 Å². The third-order valence-electron chi connectivity index (χ3n) is 6.49. The smallest absolute Gasteiger partial charge is 0.415 e. The van der Waals surface area contributed by atoms with Crippen LogP contribution in [0.2, 0.25) is 5.02 Å². The van der Waals surface area contributed by atoms with Crippen LogP contribution < -0.4 is 14.8 Å². The second-order valence-corrected chi connectivity index (χ2v) is 9.94. The Morgan fingerprint density at radius 1 is 1.17 bits per heavy atom. The predicted molar refractivity (Wildman–Crippen MR) is 146 cm³/mol. The van der Waals surface area contributed by atoms with Crippen molar-refractivity contribution >= 4 is 35.4 Å². The summed E-state index contributed by atoms with van der Waals surface area (Å²) in [7, 11) is 0. The minimum absolute atomic E-state index is 0.0413. The predicted octanol–water partition coefficient (Wildman–Crippen LogP) is 4.92. The first-order valence-electron chi connectivity index (χ1n) is 13.1. The maximum absolute atomic E-state index is 14.2. The van der Waals surface area contributed by atoms with Gasteiger partial charge >= 0.3 is 12.1 Å². The molecule has 0 unspecified atom stereocenters. The zero-order valence-corrected chi connectivity index (χ0v) is 23.6. The number of amides is 2. The molecule has 0 radical (unpaired) electrons. The number of nitrogens with one attached hydrogen (secondary N) is 1. The van der Waals surface area contributed by atoms with Gasteiger partial charge in [0, 0.05) is 24.7 Å². The summed E-state index contributed by atoms with van der Waals surface area (Å²) < 4.78 is 57.2. The highest BCUT2D eigenvalue weighted by Gasteiger charge is 2.32. The molecule has 1 heterocycles. The molecule has 0 saturated carbocycles. The van der Waals surface area contributed by atoms with Crippen LogP contribution in [0.3, 0.4) is 0 Å². The van der Waals surface area contributed by atoms with E-state index in [-0.39, 0.29) is 29.5 Å². The fourth-order valence-electron chi connectivity index (χ4n) is 4.20. The second-order valence-electron chi connectivity index (χ2n) is 9.54. The molecule has 2 amide bonds. The summed E-state index contributed by atoms with van der Waals surface area (Å²) in [6, 6.07) is 5.27. The van der Waals surface area contributed by atoms with E-state index in [1.165, 1.54) is 17.0 Å². The van der Waals surface area contributed by atoms with Crippen LogP contribution in [0.4, 0.5) is 18.0 Å². The fraction of sp³-hybridized carbons (Fsp3) is 0.379. The maximum atomic E-state index is 14.2. The van der Waals surface area contributed by atoms with Crippen LogP contribution in [-0.2, 0) is 19.1 Å². The van der Waals surface area contributed by atoms with Crippen molar-refractivity contribution in [2.75, 3.05) is 26.3 Å². The number of halogens is 4. The average molecular weight is 611 g/mol. The van der Waals surface area contributed by atoms with Crippen LogP contribution in [0.1, 0.15) is 31.2 Å². The van der Waals surface area contributed by atoms with Crippen LogP contribution in [0, 0.1) is 30.3 Å². The number of para-hydroxylation sites is 1. The summed E-state index contributed by atoms with van der Waals surface area (Å²) in [6.07, 6.45) is 1.53. The van der Waals surface area contributed by atoms with Crippen molar-refractivity contribution < 1.29 is 46.6 Å². The van der Waals surface area contributed by atoms with Crippen LogP contribution >= 0.6 is 11.6 Å². The Hall–Kier alpha value is -4.06. The number of likely N-dealkylation sites (tertiary alicyclic amines) is 1. The lowest BCUT2D eigenvalue weighted by Gasteiger charge is -2.25. The number of carbonyl (C=O) groups excluding carboxylic acids is 4. The summed E-state index contributed by atoms with van der Waals surface area (Å²) in [5.74, 6) is -7.88. The van der Waals surface area contributed by atoms with Crippen LogP contribution in [0.25, 0.3) is 0 Å². The molecule has 42 heavy (non-hydrogen) atoms. The average Bonchev–Trinajstić information content (AvgIpc) is 3.22. The largest absolute Gasteiger partial charge is 0.482 e. The minimum atomic E-state index is -1.51. The van der Waals surface area contributed by atoms with Gasteiger partial charge in [-0.1, -0.05) is 42.8 Å². The first-order chi connectivity index (χ1) is 20.0. The number of carbonyl (C=O) groups is 4. The molecule has 2 aromatic carbocycles. The summed E-state index contributed by atoms with van der Waals surface area (Å²) in [5, 5.41) is 2.73. The van der Waals surface area contributed by atoms with Crippen molar-refractivity contribution in [3.05, 3.63) is 71.0 Å². The molecule has 2 atom stereocenters. The summed E-state index contributed by atoms with van der Waals surface area (Å²) in [6.45, 7) is 3.77. The van der Waals surface area contributed by atoms with Gasteiger partial charge in [0.15, 0.2) is 23.1 Å². The number of ether oxygens (including phenoxy) is 3. The topological polar surface area (TPSA) is 111 Å². The van der Waals surface area contributed by atoms with Crippen molar-refractivity contribution in [3.63, 3.8) is 0 Å². The molecule has 1 fully saturated rings. The summed E-state index contributed by atoms with van der Waals surface area (Å²) in [5.41, 5.74) is -0.366. The SMILES string of the molecule is C=CCOC(=O)C[C@H](NC(=O)[C@H]1CCCCN(C(=O)Oc2ccccc2Cl)C1)C(=O)COc1c(C)c(F)cc(F)c1F. The molecule has 3 rings (SSSR count). The van der Waals surface area contributed by atoms with Crippen molar-refractivity contribution in [2.24, 2.45) is 5.92 Å². The van der Waals surface area contributed by atoms with Crippen LogP contribution in [0.15, 0.2) is 43.0 Å². The van der Waals surface area contributed by atoms with E-state index >= 15 is 0 Å². The molecule has 0 aromatic heterocycles. The van der Waals surface area contributed by atoms with E-state index in [9.17, 15) is 32.3 Å². The fourth-order valence-corrected chi connectivity index (χ4v) is 4.37. The highest BCUT2D eigenvalue weighted by atomic mass is 35.5. The van der Waals surface area contributed by atoms with Gasteiger partial charge in [0.25, 0.3) is 0 Å². The van der Waals surface area contributed by atoms with Gasteiger partial charge in [-0.3, -0.25) is 14.4 Å². The Morgan fingerprint density at radius 2 is 1.90 bits per heavy atom. The van der Waals surface area contributed by atoms with E-state index in [4.69, 9.17) is 25.8 Å². The van der Waals surface area contributed by atoms with Gasteiger partial charge in [0.1, 0.15) is 25.1 Å². The molecular weight excluding hydrogens is 581 g/mol. The molecule has 1 aliphatic rings. The number of esters is 1. The zero-order chi connectivity index (χ0) is 30.8. The highest BCUT2D eigenvalue weighted by molar-refractivity contribution is 6.32. The van der Waals surface area contributed by atoms with Gasteiger partial charge in [0.2, 0.25) is 11.7 Å². The number of Topliss-reactive ketones (excluding diaryl/α,β-unsaturated/α-hetero) is 1. The lowest BCUT2D eigenvalue weighted by Crippen LogP contribution is -2.49. The lowest BCUT2D eigenvalue weighted by molar-refractivity contribution is -0.145. The third-order valence-corrected chi connectivity index (χ3v) is 6.80. The number of rotatable bonds is 11. The Bertz CT molecular complexity index is 1310. The van der Waals surface area contributed by atoms with E-state index in [1.807, 2.05) is 0 Å². The molecular formula is C29H30ClF3N2O7. The number of hydrogen-bond donors (Lipinski definition) is 1. The van der Waals surface area contributed by atoms with E-state index in [0.717, 1.165) is 6.92 Å². The van der Waals surface area contributed by atoms with Crippen LogP contribution in [-0.4, -0.2) is 61.0 Å². The molecule has 13 heteroatoms. The highest BCUT2D eigenvalue weighted by Crippen LogP contribution is 2.28. The molecule has 1 N–H and O–H groups in total. The van der Waals surface area contributed by atoms with Gasteiger partial charge in [-0.05, 0) is 31.9 Å². The molecule has 0 spiro atoms. The van der Waals surface area contributed by atoms with Gasteiger partial charge in [-0.25, -0.2) is 13.6 Å². The first kappa shape index (κ1) is 32.5. The summed E-state index contributed by atoms with van der Waals surface area (Å²) >= 11 is 6.07. The van der Waals surface area contributed by atoms with E-state index in [2.05, 4.69) is 11.9 Å². The molecule has 226 valence electrons. The Morgan fingerprint density at radius 3 is 2.62 bits per heavy atom. The monoisotopic (exact) mass is 610 g/mol. The van der Waals surface area contributed by atoms with Crippen molar-refractivity contribution in [1.82, 2.24) is 10.2 Å².